The number of anilines is 1. The van der Waals surface area contributed by atoms with Gasteiger partial charge in [-0.3, -0.25) is 19.4 Å². The van der Waals surface area contributed by atoms with E-state index in [9.17, 15) is 19.5 Å². The van der Waals surface area contributed by atoms with Crippen molar-refractivity contribution in [2.45, 2.75) is 31.9 Å². The highest BCUT2D eigenvalue weighted by atomic mass is 35.5. The number of carbonyl (C=O) groups is 3. The molecule has 238 valence electrons. The van der Waals surface area contributed by atoms with E-state index < -0.39 is 35.2 Å². The van der Waals surface area contributed by atoms with Crippen LogP contribution in [0.25, 0.3) is 22.3 Å². The van der Waals surface area contributed by atoms with Crippen molar-refractivity contribution in [3.63, 3.8) is 0 Å². The van der Waals surface area contributed by atoms with Crippen molar-refractivity contribution in [1.82, 2.24) is 14.7 Å². The summed E-state index contributed by atoms with van der Waals surface area (Å²) in [5.74, 6) is -2.33. The average molecular weight is 658 g/mol. The lowest BCUT2D eigenvalue weighted by molar-refractivity contribution is -0.140. The van der Waals surface area contributed by atoms with Gasteiger partial charge in [0.15, 0.2) is 0 Å². The number of benzene rings is 3. The SMILES string of the molecule is COc1cc(-c2cccc(-c3cccc(NC(=O)C4CN(C)C(=O)N(C)C4=O)c3Cl)c2Cl)cc(F)c1CN1CCC(C)(O)CC1. The number of urea groups is 1. The van der Waals surface area contributed by atoms with Crippen molar-refractivity contribution in [3.8, 4) is 28.0 Å². The van der Waals surface area contributed by atoms with Gasteiger partial charge in [0.2, 0.25) is 11.8 Å². The number of methoxy groups -OCH3 is 1. The molecule has 0 saturated carbocycles. The number of rotatable bonds is 7. The Morgan fingerprint density at radius 2 is 1.67 bits per heavy atom. The van der Waals surface area contributed by atoms with Crippen LogP contribution >= 0.6 is 23.2 Å². The number of likely N-dealkylation sites (tertiary alicyclic amines) is 1. The van der Waals surface area contributed by atoms with Crippen LogP contribution in [0.4, 0.5) is 14.9 Å². The Kier molecular flexibility index (Phi) is 9.41. The van der Waals surface area contributed by atoms with Crippen molar-refractivity contribution in [1.29, 1.82) is 0 Å². The summed E-state index contributed by atoms with van der Waals surface area (Å²) >= 11 is 13.7. The van der Waals surface area contributed by atoms with Crippen LogP contribution in [0.2, 0.25) is 10.0 Å². The normalized spacial score (nSPS) is 18.7. The first kappa shape index (κ1) is 32.7. The van der Waals surface area contributed by atoms with Crippen LogP contribution in [0.15, 0.2) is 48.5 Å². The lowest BCUT2D eigenvalue weighted by Crippen LogP contribution is -2.56. The number of nitrogens with zero attached hydrogens (tertiary/aromatic N) is 3. The van der Waals surface area contributed by atoms with Gasteiger partial charge in [0.1, 0.15) is 17.5 Å². The number of amides is 4. The van der Waals surface area contributed by atoms with Gasteiger partial charge in [-0.2, -0.15) is 0 Å². The van der Waals surface area contributed by atoms with Gasteiger partial charge in [-0.15, -0.1) is 0 Å². The van der Waals surface area contributed by atoms with Crippen LogP contribution in [0, 0.1) is 11.7 Å². The second kappa shape index (κ2) is 13.0. The van der Waals surface area contributed by atoms with Crippen LogP contribution in [0.5, 0.6) is 5.75 Å². The van der Waals surface area contributed by atoms with E-state index in [1.807, 2.05) is 6.92 Å². The maximum absolute atomic E-state index is 15.6. The van der Waals surface area contributed by atoms with Crippen molar-refractivity contribution >= 4 is 46.7 Å². The Balaban J connectivity index is 1.42. The number of halogens is 3. The summed E-state index contributed by atoms with van der Waals surface area (Å²) in [6.45, 7) is 3.41. The first-order chi connectivity index (χ1) is 21.3. The molecule has 0 radical (unpaired) electrons. The van der Waals surface area contributed by atoms with Gasteiger partial charge < -0.3 is 20.1 Å². The van der Waals surface area contributed by atoms with Crippen LogP contribution in [0.1, 0.15) is 25.3 Å². The number of aliphatic hydroxyl groups is 1. The molecule has 3 aromatic carbocycles. The third-order valence-corrected chi connectivity index (χ3v) is 9.38. The predicted molar refractivity (Wildman–Crippen MR) is 172 cm³/mol. The van der Waals surface area contributed by atoms with E-state index in [1.54, 1.807) is 42.5 Å². The number of piperidine rings is 1. The molecule has 0 bridgehead atoms. The van der Waals surface area contributed by atoms with Crippen molar-refractivity contribution in [2.75, 3.05) is 46.2 Å². The topological polar surface area (TPSA) is 102 Å². The molecule has 2 N–H and O–H groups in total. The maximum atomic E-state index is 15.6. The number of ether oxygens (including phenoxy) is 1. The number of nitrogens with one attached hydrogen (secondary N) is 1. The fourth-order valence-electron chi connectivity index (χ4n) is 5.75. The molecule has 0 aliphatic carbocycles. The molecule has 2 heterocycles. The molecule has 1 unspecified atom stereocenters. The Morgan fingerprint density at radius 3 is 2.33 bits per heavy atom. The highest BCUT2D eigenvalue weighted by Crippen LogP contribution is 2.43. The lowest BCUT2D eigenvalue weighted by Gasteiger charge is -2.36. The standard InChI is InChI=1S/C33H35Cl2FN4O5/c1-33(44)11-13-40(14-12-33)18-23-25(36)15-19(16-27(23)45-4)20-7-5-8-21(28(20)34)22-9-6-10-26(29(22)35)37-30(41)24-17-38(2)32(43)39(3)31(24)42/h5-10,15-16,24,44H,11-14,17-18H2,1-4H3,(H,37,41). The minimum Gasteiger partial charge on any atom is -0.496 e. The third-order valence-electron chi connectivity index (χ3n) is 8.56. The molecule has 0 spiro atoms. The highest BCUT2D eigenvalue weighted by molar-refractivity contribution is 6.39. The van der Waals surface area contributed by atoms with Crippen LogP contribution in [-0.4, -0.2) is 84.1 Å². The van der Waals surface area contributed by atoms with Crippen LogP contribution < -0.4 is 10.1 Å². The monoisotopic (exact) mass is 656 g/mol. The molecule has 45 heavy (non-hydrogen) atoms. The van der Waals surface area contributed by atoms with Crippen molar-refractivity contribution in [3.05, 3.63) is 70.0 Å². The molecular weight excluding hydrogens is 622 g/mol. The van der Waals surface area contributed by atoms with Gasteiger partial charge in [-0.05, 0) is 43.5 Å². The molecule has 3 aromatic rings. The number of imide groups is 1. The van der Waals surface area contributed by atoms with E-state index in [4.69, 9.17) is 27.9 Å². The Bertz CT molecular complexity index is 1660. The van der Waals surface area contributed by atoms with E-state index >= 15 is 4.39 Å². The van der Waals surface area contributed by atoms with Gasteiger partial charge in [0.25, 0.3) is 0 Å². The number of hydrogen-bond acceptors (Lipinski definition) is 6. The molecule has 12 heteroatoms. The summed E-state index contributed by atoms with van der Waals surface area (Å²) in [5, 5.41) is 13.5. The van der Waals surface area contributed by atoms with Gasteiger partial charge in [-0.1, -0.05) is 53.5 Å². The van der Waals surface area contributed by atoms with Gasteiger partial charge >= 0.3 is 6.03 Å². The smallest absolute Gasteiger partial charge is 0.326 e. The lowest BCUT2D eigenvalue weighted by atomic mass is 9.93. The minimum atomic E-state index is -1.10. The second-order valence-corrected chi connectivity index (χ2v) is 12.6. The second-order valence-electron chi connectivity index (χ2n) is 11.8. The van der Waals surface area contributed by atoms with Gasteiger partial charge in [-0.25, -0.2) is 9.18 Å². The Morgan fingerprint density at radius 1 is 1.04 bits per heavy atom. The molecule has 5 rings (SSSR count). The quantitative estimate of drug-likeness (QED) is 0.307. The fourth-order valence-corrected chi connectivity index (χ4v) is 6.36. The van der Waals surface area contributed by atoms with E-state index in [-0.39, 0.29) is 17.3 Å². The Labute approximate surface area is 271 Å². The molecule has 1 atom stereocenters. The minimum absolute atomic E-state index is 0.0576. The summed E-state index contributed by atoms with van der Waals surface area (Å²) in [4.78, 5) is 42.1. The zero-order valence-corrected chi connectivity index (χ0v) is 27.0. The molecule has 2 aliphatic heterocycles. The molecular formula is C33H35Cl2FN4O5. The highest BCUT2D eigenvalue weighted by Gasteiger charge is 2.39. The number of hydrogen-bond donors (Lipinski definition) is 2. The summed E-state index contributed by atoms with van der Waals surface area (Å²) in [7, 11) is 4.35. The third kappa shape index (κ3) is 6.65. The molecule has 2 saturated heterocycles. The van der Waals surface area contributed by atoms with E-state index in [2.05, 4.69) is 10.2 Å². The van der Waals surface area contributed by atoms with Crippen LogP contribution in [0.3, 0.4) is 0 Å². The summed E-state index contributed by atoms with van der Waals surface area (Å²) in [5.41, 5.74) is 2.14. The predicted octanol–water partition coefficient (Wildman–Crippen LogP) is 5.90. The molecule has 4 amide bonds. The number of carbonyl (C=O) groups excluding carboxylic acids is 3. The molecule has 2 fully saturated rings. The first-order valence-electron chi connectivity index (χ1n) is 14.5. The first-order valence-corrected chi connectivity index (χ1v) is 15.3. The van der Waals surface area contributed by atoms with E-state index in [0.717, 1.165) is 4.90 Å². The van der Waals surface area contributed by atoms with Crippen molar-refractivity contribution < 1.29 is 28.6 Å². The largest absolute Gasteiger partial charge is 0.496 e. The molecule has 2 aliphatic rings. The zero-order valence-electron chi connectivity index (χ0n) is 25.5. The van der Waals surface area contributed by atoms with Gasteiger partial charge in [0.05, 0.1) is 28.4 Å². The summed E-state index contributed by atoms with van der Waals surface area (Å²) in [6, 6.07) is 13.1. The Hall–Kier alpha value is -3.70. The maximum Gasteiger partial charge on any atom is 0.326 e. The zero-order chi connectivity index (χ0) is 32.6. The van der Waals surface area contributed by atoms with E-state index in [0.29, 0.717) is 71.1 Å². The van der Waals surface area contributed by atoms with Gasteiger partial charge in [0, 0.05) is 62.5 Å². The van der Waals surface area contributed by atoms with Crippen LogP contribution in [-0.2, 0) is 16.1 Å². The summed E-state index contributed by atoms with van der Waals surface area (Å²) in [6.07, 6.45) is 1.22. The molecule has 0 aromatic heterocycles. The summed E-state index contributed by atoms with van der Waals surface area (Å²) < 4.78 is 21.2. The average Bonchev–Trinajstić information content (AvgIpc) is 3.01. The fraction of sp³-hybridized carbons (Fsp3) is 0.364. The molecule has 9 nitrogen and oxygen atoms in total. The van der Waals surface area contributed by atoms with Crippen molar-refractivity contribution in [2.24, 2.45) is 5.92 Å². The van der Waals surface area contributed by atoms with E-state index in [1.165, 1.54) is 32.2 Å².